The van der Waals surface area contributed by atoms with Crippen LogP contribution >= 0.6 is 11.6 Å². The van der Waals surface area contributed by atoms with Crippen molar-refractivity contribution in [2.45, 2.75) is 19.9 Å². The fraction of sp³-hybridized carbons (Fsp3) is 0.176. The zero-order chi connectivity index (χ0) is 14.8. The van der Waals surface area contributed by atoms with Crippen LogP contribution in [-0.2, 0) is 13.0 Å². The molecule has 0 N–H and O–H groups in total. The Morgan fingerprint density at radius 3 is 2.62 bits per heavy atom. The number of fused-ring (bicyclic) bond motifs is 1. The Balaban J connectivity index is 1.98. The minimum absolute atomic E-state index is 0.00870. The maximum atomic E-state index is 12.4. The number of benzene rings is 2. The number of imidazole rings is 1. The van der Waals surface area contributed by atoms with Crippen molar-refractivity contribution in [3.05, 3.63) is 64.9 Å². The zero-order valence-corrected chi connectivity index (χ0v) is 12.5. The molecular formula is C17H15ClN2O. The number of ketones is 1. The first-order valence-electron chi connectivity index (χ1n) is 6.92. The van der Waals surface area contributed by atoms with E-state index >= 15 is 0 Å². The van der Waals surface area contributed by atoms with Crippen LogP contribution in [0.15, 0.2) is 48.5 Å². The molecule has 0 radical (unpaired) electrons. The van der Waals surface area contributed by atoms with Gasteiger partial charge < -0.3 is 4.57 Å². The van der Waals surface area contributed by atoms with Crippen LogP contribution in [0, 0.1) is 0 Å². The molecule has 0 spiro atoms. The number of nitrogens with zero attached hydrogens (tertiary/aromatic N) is 2. The monoisotopic (exact) mass is 298 g/mol. The lowest BCUT2D eigenvalue weighted by molar-refractivity contribution is 0.0990. The Bertz CT molecular complexity index is 807. The van der Waals surface area contributed by atoms with Gasteiger partial charge in [0.2, 0.25) is 0 Å². The van der Waals surface area contributed by atoms with E-state index < -0.39 is 0 Å². The zero-order valence-electron chi connectivity index (χ0n) is 11.7. The summed E-state index contributed by atoms with van der Waals surface area (Å²) in [5.41, 5.74) is 2.53. The van der Waals surface area contributed by atoms with Gasteiger partial charge in [0.05, 0.1) is 22.5 Å². The molecule has 1 heterocycles. The van der Waals surface area contributed by atoms with Crippen molar-refractivity contribution < 1.29 is 4.79 Å². The van der Waals surface area contributed by atoms with Gasteiger partial charge >= 0.3 is 0 Å². The molecule has 0 atom stereocenters. The Morgan fingerprint density at radius 2 is 1.86 bits per heavy atom. The van der Waals surface area contributed by atoms with E-state index in [1.54, 1.807) is 12.1 Å². The lowest BCUT2D eigenvalue weighted by atomic mass is 10.1. The van der Waals surface area contributed by atoms with Crippen molar-refractivity contribution >= 4 is 28.4 Å². The summed E-state index contributed by atoms with van der Waals surface area (Å²) in [6.07, 6.45) is 0.256. The first-order valence-corrected chi connectivity index (χ1v) is 7.30. The van der Waals surface area contributed by atoms with Crippen molar-refractivity contribution in [3.8, 4) is 0 Å². The molecule has 0 aliphatic carbocycles. The van der Waals surface area contributed by atoms with Crippen molar-refractivity contribution in [3.63, 3.8) is 0 Å². The Labute approximate surface area is 128 Å². The normalized spacial score (nSPS) is 11.0. The number of para-hydroxylation sites is 2. The molecule has 2 aromatic carbocycles. The van der Waals surface area contributed by atoms with Gasteiger partial charge in [-0.05, 0) is 31.2 Å². The van der Waals surface area contributed by atoms with Crippen LogP contribution in [-0.4, -0.2) is 15.3 Å². The molecule has 0 aliphatic rings. The summed E-state index contributed by atoms with van der Waals surface area (Å²) in [5, 5.41) is 0.488. The van der Waals surface area contributed by atoms with E-state index in [0.717, 1.165) is 23.4 Å². The van der Waals surface area contributed by atoms with Gasteiger partial charge in [0.25, 0.3) is 0 Å². The van der Waals surface area contributed by atoms with E-state index in [1.165, 1.54) is 0 Å². The summed E-state index contributed by atoms with van der Waals surface area (Å²) in [4.78, 5) is 17.0. The molecule has 0 amide bonds. The highest BCUT2D eigenvalue weighted by molar-refractivity contribution is 6.34. The second kappa shape index (κ2) is 5.70. The third kappa shape index (κ3) is 2.57. The van der Waals surface area contributed by atoms with Crippen molar-refractivity contribution in [1.82, 2.24) is 9.55 Å². The first-order chi connectivity index (χ1) is 10.2. The van der Waals surface area contributed by atoms with Crippen LogP contribution in [0.1, 0.15) is 23.1 Å². The molecule has 3 rings (SSSR count). The predicted octanol–water partition coefficient (Wildman–Crippen LogP) is 4.14. The lowest BCUT2D eigenvalue weighted by Gasteiger charge is -2.06. The fourth-order valence-electron chi connectivity index (χ4n) is 2.54. The number of carbonyl (C=O) groups excluding carboxylic acids is 1. The third-order valence-electron chi connectivity index (χ3n) is 3.54. The van der Waals surface area contributed by atoms with Crippen molar-refractivity contribution in [2.75, 3.05) is 0 Å². The van der Waals surface area contributed by atoms with E-state index in [-0.39, 0.29) is 12.2 Å². The van der Waals surface area contributed by atoms with Crippen LogP contribution in [0.2, 0.25) is 5.02 Å². The average Bonchev–Trinajstić information content (AvgIpc) is 2.84. The van der Waals surface area contributed by atoms with Gasteiger partial charge in [-0.3, -0.25) is 4.79 Å². The van der Waals surface area contributed by atoms with Crippen LogP contribution in [0.25, 0.3) is 11.0 Å². The smallest absolute Gasteiger partial charge is 0.171 e. The minimum Gasteiger partial charge on any atom is -0.328 e. The standard InChI is InChI=1S/C17H15ClN2O/c1-2-20-15-10-6-5-9-14(15)19-17(20)11-16(21)12-7-3-4-8-13(12)18/h3-10H,2,11H2,1H3. The van der Waals surface area contributed by atoms with Crippen molar-refractivity contribution in [1.29, 1.82) is 0 Å². The van der Waals surface area contributed by atoms with E-state index in [0.29, 0.717) is 10.6 Å². The van der Waals surface area contributed by atoms with Gasteiger partial charge in [0.15, 0.2) is 5.78 Å². The van der Waals surface area contributed by atoms with E-state index in [2.05, 4.69) is 16.5 Å². The molecule has 106 valence electrons. The highest BCUT2D eigenvalue weighted by Gasteiger charge is 2.16. The summed E-state index contributed by atoms with van der Waals surface area (Å²) in [7, 11) is 0. The number of hydrogen-bond acceptors (Lipinski definition) is 2. The molecule has 21 heavy (non-hydrogen) atoms. The summed E-state index contributed by atoms with van der Waals surface area (Å²) >= 11 is 6.09. The summed E-state index contributed by atoms with van der Waals surface area (Å²) in [5.74, 6) is 0.772. The third-order valence-corrected chi connectivity index (χ3v) is 3.87. The van der Waals surface area contributed by atoms with Gasteiger partial charge in [-0.1, -0.05) is 35.9 Å². The quantitative estimate of drug-likeness (QED) is 0.679. The predicted molar refractivity (Wildman–Crippen MR) is 84.9 cm³/mol. The molecule has 3 aromatic rings. The summed E-state index contributed by atoms with van der Waals surface area (Å²) in [6.45, 7) is 2.84. The number of aromatic nitrogens is 2. The largest absolute Gasteiger partial charge is 0.328 e. The van der Waals surface area contributed by atoms with Crippen molar-refractivity contribution in [2.24, 2.45) is 0 Å². The molecule has 1 aromatic heterocycles. The van der Waals surface area contributed by atoms with Gasteiger partial charge in [0.1, 0.15) is 5.82 Å². The highest BCUT2D eigenvalue weighted by Crippen LogP contribution is 2.20. The maximum absolute atomic E-state index is 12.4. The molecule has 0 aliphatic heterocycles. The number of hydrogen-bond donors (Lipinski definition) is 0. The molecule has 0 fully saturated rings. The highest BCUT2D eigenvalue weighted by atomic mass is 35.5. The number of Topliss-reactive ketones (excluding diaryl/α,β-unsaturated/α-hetero) is 1. The van der Waals surface area contributed by atoms with Crippen LogP contribution < -0.4 is 0 Å². The molecule has 4 heteroatoms. The fourth-order valence-corrected chi connectivity index (χ4v) is 2.78. The topological polar surface area (TPSA) is 34.9 Å². The SMILES string of the molecule is CCn1c(CC(=O)c2ccccc2Cl)nc2ccccc21. The Kier molecular flexibility index (Phi) is 3.76. The molecule has 3 nitrogen and oxygen atoms in total. The second-order valence-electron chi connectivity index (χ2n) is 4.84. The average molecular weight is 299 g/mol. The van der Waals surface area contributed by atoms with Gasteiger partial charge in [-0.15, -0.1) is 0 Å². The minimum atomic E-state index is -0.00870. The number of aryl methyl sites for hydroxylation is 1. The van der Waals surface area contributed by atoms with Crippen LogP contribution in [0.5, 0.6) is 0 Å². The molecule has 0 bridgehead atoms. The van der Waals surface area contributed by atoms with Gasteiger partial charge in [-0.25, -0.2) is 4.98 Å². The summed E-state index contributed by atoms with van der Waals surface area (Å²) < 4.78 is 2.07. The number of carbonyl (C=O) groups is 1. The molecule has 0 unspecified atom stereocenters. The molecular weight excluding hydrogens is 284 g/mol. The number of halogens is 1. The molecule has 0 saturated carbocycles. The van der Waals surface area contributed by atoms with E-state index in [1.807, 2.05) is 36.4 Å². The van der Waals surface area contributed by atoms with Gasteiger partial charge in [-0.2, -0.15) is 0 Å². The first kappa shape index (κ1) is 13.8. The Morgan fingerprint density at radius 1 is 1.14 bits per heavy atom. The van der Waals surface area contributed by atoms with E-state index in [4.69, 9.17) is 11.6 Å². The lowest BCUT2D eigenvalue weighted by Crippen LogP contribution is -2.10. The van der Waals surface area contributed by atoms with E-state index in [9.17, 15) is 4.79 Å². The molecule has 0 saturated heterocycles. The maximum Gasteiger partial charge on any atom is 0.171 e. The summed E-state index contributed by atoms with van der Waals surface area (Å²) in [6, 6.07) is 15.1. The van der Waals surface area contributed by atoms with Crippen LogP contribution in [0.4, 0.5) is 0 Å². The second-order valence-corrected chi connectivity index (χ2v) is 5.25. The van der Waals surface area contributed by atoms with Gasteiger partial charge in [0, 0.05) is 12.1 Å². The Hall–Kier alpha value is -2.13. The number of rotatable bonds is 4. The van der Waals surface area contributed by atoms with Crippen LogP contribution in [0.3, 0.4) is 0 Å².